The zero-order valence-electron chi connectivity index (χ0n) is 12.4. The molecule has 1 unspecified atom stereocenters. The first-order valence-corrected chi connectivity index (χ1v) is 8.08. The number of hydrogen-bond acceptors (Lipinski definition) is 7. The molecule has 0 bridgehead atoms. The van der Waals surface area contributed by atoms with Gasteiger partial charge in [0.2, 0.25) is 5.95 Å². The third-order valence-electron chi connectivity index (χ3n) is 3.88. The van der Waals surface area contributed by atoms with Crippen LogP contribution in [0.1, 0.15) is 31.6 Å². The van der Waals surface area contributed by atoms with Crippen LogP contribution in [0.15, 0.2) is 6.07 Å². The van der Waals surface area contributed by atoms with Gasteiger partial charge in [0.15, 0.2) is 0 Å². The zero-order chi connectivity index (χ0) is 15.0. The van der Waals surface area contributed by atoms with Crippen LogP contribution < -0.4 is 16.2 Å². The second-order valence-corrected chi connectivity index (χ2v) is 6.94. The Balaban J connectivity index is 2.09. The number of nitrogens with two attached hydrogens (primary N) is 1. The minimum Gasteiger partial charge on any atom is -0.388 e. The Hall–Kier alpha value is -1.44. The number of fused-ring (bicyclic) bond motifs is 1. The average Bonchev–Trinajstić information content (AvgIpc) is 2.88. The molecule has 0 amide bonds. The Bertz CT molecular complexity index is 654. The highest BCUT2D eigenvalue weighted by Gasteiger charge is 2.30. The molecule has 1 aliphatic heterocycles. The maximum absolute atomic E-state index is 10.3. The van der Waals surface area contributed by atoms with E-state index in [1.807, 2.05) is 6.92 Å². The fourth-order valence-electron chi connectivity index (χ4n) is 2.84. The van der Waals surface area contributed by atoms with Crippen LogP contribution in [0, 0.1) is 0 Å². The number of nitrogen functional groups attached to an aromatic ring is 1. The Labute approximate surface area is 128 Å². The lowest BCUT2D eigenvalue weighted by atomic mass is 9.95. The van der Waals surface area contributed by atoms with Crippen molar-refractivity contribution in [2.75, 3.05) is 23.4 Å². The van der Waals surface area contributed by atoms with Gasteiger partial charge in [-0.25, -0.2) is 10.8 Å². The standard InChI is InChI=1S/C14H21N5OS/c1-3-9-7-10-11(16-13(18-15)17-12(10)21-9)19-6-4-5-14(2,20)8-19/h7,20H,3-6,8,15H2,1-2H3,(H,16,17,18). The molecule has 7 heteroatoms. The molecule has 0 aromatic carbocycles. The largest absolute Gasteiger partial charge is 0.388 e. The van der Waals surface area contributed by atoms with E-state index in [0.29, 0.717) is 12.5 Å². The van der Waals surface area contributed by atoms with Gasteiger partial charge in [0.05, 0.1) is 11.0 Å². The summed E-state index contributed by atoms with van der Waals surface area (Å²) in [4.78, 5) is 13.3. The Morgan fingerprint density at radius 2 is 2.33 bits per heavy atom. The number of piperidine rings is 1. The maximum Gasteiger partial charge on any atom is 0.240 e. The number of nitrogens with one attached hydrogen (secondary N) is 1. The van der Waals surface area contributed by atoms with Gasteiger partial charge in [-0.1, -0.05) is 6.92 Å². The number of anilines is 2. The molecule has 6 nitrogen and oxygen atoms in total. The van der Waals surface area contributed by atoms with Gasteiger partial charge >= 0.3 is 0 Å². The lowest BCUT2D eigenvalue weighted by molar-refractivity contribution is 0.0448. The van der Waals surface area contributed by atoms with E-state index >= 15 is 0 Å². The van der Waals surface area contributed by atoms with Gasteiger partial charge < -0.3 is 10.0 Å². The van der Waals surface area contributed by atoms with Crippen molar-refractivity contribution < 1.29 is 5.11 Å². The number of thiophene rings is 1. The quantitative estimate of drug-likeness (QED) is 0.593. The summed E-state index contributed by atoms with van der Waals surface area (Å²) in [5.41, 5.74) is 1.87. The van der Waals surface area contributed by atoms with E-state index in [1.165, 1.54) is 4.88 Å². The molecule has 1 atom stereocenters. The van der Waals surface area contributed by atoms with Crippen LogP contribution in [0.4, 0.5) is 11.8 Å². The second-order valence-electron chi connectivity index (χ2n) is 5.82. The molecule has 0 aliphatic carbocycles. The summed E-state index contributed by atoms with van der Waals surface area (Å²) < 4.78 is 0. The van der Waals surface area contributed by atoms with Gasteiger partial charge in [0.25, 0.3) is 0 Å². The summed E-state index contributed by atoms with van der Waals surface area (Å²) in [5.74, 6) is 6.78. The van der Waals surface area contributed by atoms with E-state index in [0.717, 1.165) is 41.8 Å². The number of aliphatic hydroxyl groups is 1. The van der Waals surface area contributed by atoms with Crippen LogP contribution in [0.3, 0.4) is 0 Å². The Morgan fingerprint density at radius 1 is 1.52 bits per heavy atom. The van der Waals surface area contributed by atoms with Crippen molar-refractivity contribution >= 4 is 33.3 Å². The summed E-state index contributed by atoms with van der Waals surface area (Å²) in [6.07, 6.45) is 2.75. The average molecular weight is 307 g/mol. The van der Waals surface area contributed by atoms with Crippen LogP contribution in [0.5, 0.6) is 0 Å². The Morgan fingerprint density at radius 3 is 3.00 bits per heavy atom. The molecule has 0 radical (unpaired) electrons. The number of β-amino-alcohol motifs (C(OH)–C–C–N with tert-alkyl or cyclic N) is 1. The first kappa shape index (κ1) is 14.5. The predicted octanol–water partition coefficient (Wildman–Crippen LogP) is 1.89. The van der Waals surface area contributed by atoms with Gasteiger partial charge in [-0.05, 0) is 32.3 Å². The Kier molecular flexibility index (Phi) is 3.73. The van der Waals surface area contributed by atoms with E-state index in [-0.39, 0.29) is 0 Å². The molecule has 1 aliphatic rings. The van der Waals surface area contributed by atoms with Crippen molar-refractivity contribution in [3.63, 3.8) is 0 Å². The predicted molar refractivity (Wildman–Crippen MR) is 86.7 cm³/mol. The van der Waals surface area contributed by atoms with E-state index in [2.05, 4.69) is 33.3 Å². The highest BCUT2D eigenvalue weighted by Crippen LogP contribution is 2.34. The molecule has 2 aromatic heterocycles. The molecule has 3 heterocycles. The van der Waals surface area contributed by atoms with Crippen molar-refractivity contribution in [1.82, 2.24) is 9.97 Å². The number of hydrazine groups is 1. The summed E-state index contributed by atoms with van der Waals surface area (Å²) >= 11 is 1.67. The first-order chi connectivity index (χ1) is 10.0. The molecule has 1 saturated heterocycles. The summed E-state index contributed by atoms with van der Waals surface area (Å²) in [5, 5.41) is 11.4. The highest BCUT2D eigenvalue weighted by molar-refractivity contribution is 7.18. The van der Waals surface area contributed by atoms with Crippen LogP contribution in [-0.2, 0) is 6.42 Å². The van der Waals surface area contributed by atoms with Gasteiger partial charge in [-0.3, -0.25) is 5.43 Å². The smallest absolute Gasteiger partial charge is 0.240 e. The SMILES string of the molecule is CCc1cc2c(N3CCCC(C)(O)C3)nc(NN)nc2s1. The van der Waals surface area contributed by atoms with Crippen LogP contribution in [0.2, 0.25) is 0 Å². The number of aryl methyl sites for hydroxylation is 1. The van der Waals surface area contributed by atoms with E-state index in [9.17, 15) is 5.11 Å². The topological polar surface area (TPSA) is 87.3 Å². The van der Waals surface area contributed by atoms with Gasteiger partial charge in [-0.15, -0.1) is 11.3 Å². The highest BCUT2D eigenvalue weighted by atomic mass is 32.1. The molecule has 114 valence electrons. The van der Waals surface area contributed by atoms with E-state index in [1.54, 1.807) is 11.3 Å². The lowest BCUT2D eigenvalue weighted by Crippen LogP contribution is -2.46. The van der Waals surface area contributed by atoms with Crippen molar-refractivity contribution in [3.05, 3.63) is 10.9 Å². The number of nitrogens with zero attached hydrogens (tertiary/aromatic N) is 3. The molecule has 0 saturated carbocycles. The fraction of sp³-hybridized carbons (Fsp3) is 0.571. The molecule has 1 fully saturated rings. The van der Waals surface area contributed by atoms with Crippen molar-refractivity contribution in [2.45, 2.75) is 38.7 Å². The molecular formula is C14H21N5OS. The summed E-state index contributed by atoms with van der Waals surface area (Å²) in [6, 6.07) is 2.15. The zero-order valence-corrected chi connectivity index (χ0v) is 13.2. The van der Waals surface area contributed by atoms with E-state index < -0.39 is 5.60 Å². The van der Waals surface area contributed by atoms with Crippen molar-refractivity contribution in [2.24, 2.45) is 5.84 Å². The minimum absolute atomic E-state index is 0.423. The van der Waals surface area contributed by atoms with Crippen LogP contribution in [-0.4, -0.2) is 33.8 Å². The molecule has 2 aromatic rings. The van der Waals surface area contributed by atoms with Gasteiger partial charge in [-0.2, -0.15) is 4.98 Å². The third-order valence-corrected chi connectivity index (χ3v) is 5.05. The second kappa shape index (κ2) is 5.40. The lowest BCUT2D eigenvalue weighted by Gasteiger charge is -2.37. The molecule has 0 spiro atoms. The van der Waals surface area contributed by atoms with Gasteiger partial charge in [0.1, 0.15) is 10.6 Å². The summed E-state index contributed by atoms with van der Waals surface area (Å²) in [7, 11) is 0. The fourth-order valence-corrected chi connectivity index (χ4v) is 3.80. The van der Waals surface area contributed by atoms with Crippen molar-refractivity contribution in [3.8, 4) is 0 Å². The minimum atomic E-state index is -0.671. The molecule has 4 N–H and O–H groups in total. The van der Waals surface area contributed by atoms with E-state index in [4.69, 9.17) is 5.84 Å². The maximum atomic E-state index is 10.3. The van der Waals surface area contributed by atoms with Crippen LogP contribution >= 0.6 is 11.3 Å². The van der Waals surface area contributed by atoms with Crippen LogP contribution in [0.25, 0.3) is 10.2 Å². The third kappa shape index (κ3) is 2.81. The molecular weight excluding hydrogens is 286 g/mol. The normalized spacial score (nSPS) is 22.8. The van der Waals surface area contributed by atoms with Gasteiger partial charge in [0, 0.05) is 18.0 Å². The summed E-state index contributed by atoms with van der Waals surface area (Å²) in [6.45, 7) is 5.49. The number of hydrogen-bond donors (Lipinski definition) is 3. The molecule has 3 rings (SSSR count). The number of aromatic nitrogens is 2. The van der Waals surface area contributed by atoms with Crippen molar-refractivity contribution in [1.29, 1.82) is 0 Å². The molecule has 21 heavy (non-hydrogen) atoms. The number of rotatable bonds is 3. The monoisotopic (exact) mass is 307 g/mol. The first-order valence-electron chi connectivity index (χ1n) is 7.27.